The van der Waals surface area contributed by atoms with Gasteiger partial charge in [0.15, 0.2) is 0 Å². The zero-order valence-corrected chi connectivity index (χ0v) is 8.45. The third kappa shape index (κ3) is 1.23. The molecule has 0 spiro atoms. The van der Waals surface area contributed by atoms with E-state index >= 15 is 0 Å². The second-order valence-electron chi connectivity index (χ2n) is 5.13. The van der Waals surface area contributed by atoms with Crippen LogP contribution in [0.25, 0.3) is 0 Å². The van der Waals surface area contributed by atoms with Crippen molar-refractivity contribution < 1.29 is 9.47 Å². The molecule has 3 rings (SSSR count). The Morgan fingerprint density at radius 1 is 1.38 bits per heavy atom. The lowest BCUT2D eigenvalue weighted by atomic mass is 9.80. The van der Waals surface area contributed by atoms with Crippen molar-refractivity contribution in [3.8, 4) is 0 Å². The Kier molecular flexibility index (Phi) is 1.58. The van der Waals surface area contributed by atoms with Crippen molar-refractivity contribution in [2.75, 3.05) is 7.11 Å². The molecule has 2 aliphatic carbocycles. The number of ether oxygens (including phenoxy) is 2. The van der Waals surface area contributed by atoms with Gasteiger partial charge in [0, 0.05) is 7.11 Å². The third-order valence-electron chi connectivity index (χ3n) is 4.25. The van der Waals surface area contributed by atoms with E-state index in [1.54, 1.807) is 0 Å². The number of hydrogen-bond acceptors (Lipinski definition) is 2. The van der Waals surface area contributed by atoms with E-state index in [1.807, 2.05) is 7.11 Å². The van der Waals surface area contributed by atoms with Crippen molar-refractivity contribution in [3.63, 3.8) is 0 Å². The zero-order chi connectivity index (χ0) is 9.05. The van der Waals surface area contributed by atoms with E-state index in [-0.39, 0.29) is 5.60 Å². The molecule has 0 radical (unpaired) electrons. The number of rotatable bonds is 2. The predicted molar refractivity (Wildman–Crippen MR) is 49.5 cm³/mol. The largest absolute Gasteiger partial charge is 0.381 e. The van der Waals surface area contributed by atoms with E-state index in [0.717, 1.165) is 11.8 Å². The van der Waals surface area contributed by atoms with Gasteiger partial charge in [0.1, 0.15) is 0 Å². The summed E-state index contributed by atoms with van der Waals surface area (Å²) >= 11 is 0. The van der Waals surface area contributed by atoms with Crippen molar-refractivity contribution in [1.29, 1.82) is 0 Å². The molecule has 0 N–H and O–H groups in total. The fraction of sp³-hybridized carbons (Fsp3) is 1.00. The number of methoxy groups -OCH3 is 1. The van der Waals surface area contributed by atoms with E-state index in [4.69, 9.17) is 9.47 Å². The van der Waals surface area contributed by atoms with Gasteiger partial charge in [-0.3, -0.25) is 0 Å². The van der Waals surface area contributed by atoms with E-state index in [9.17, 15) is 0 Å². The summed E-state index contributed by atoms with van der Waals surface area (Å²) in [4.78, 5) is 0. The Balaban J connectivity index is 1.58. The van der Waals surface area contributed by atoms with Crippen LogP contribution >= 0.6 is 0 Å². The Hall–Kier alpha value is -0.0800. The first-order valence-electron chi connectivity index (χ1n) is 5.43. The van der Waals surface area contributed by atoms with Crippen molar-refractivity contribution in [3.05, 3.63) is 0 Å². The van der Waals surface area contributed by atoms with Crippen molar-refractivity contribution in [2.24, 2.45) is 11.8 Å². The minimum Gasteiger partial charge on any atom is -0.381 e. The summed E-state index contributed by atoms with van der Waals surface area (Å²) in [5.41, 5.74) is 0.286. The highest BCUT2D eigenvalue weighted by molar-refractivity contribution is 5.07. The quantitative estimate of drug-likeness (QED) is 0.609. The Morgan fingerprint density at radius 2 is 2.23 bits per heavy atom. The van der Waals surface area contributed by atoms with Crippen LogP contribution in [-0.4, -0.2) is 24.9 Å². The third-order valence-corrected chi connectivity index (χ3v) is 4.25. The molecule has 0 aromatic heterocycles. The highest BCUT2D eigenvalue weighted by atomic mass is 16.6. The minimum absolute atomic E-state index is 0.286. The molecule has 0 aromatic carbocycles. The molecule has 0 aromatic rings. The van der Waals surface area contributed by atoms with Gasteiger partial charge >= 0.3 is 0 Å². The first-order chi connectivity index (χ1) is 6.23. The van der Waals surface area contributed by atoms with Crippen LogP contribution < -0.4 is 0 Å². The van der Waals surface area contributed by atoms with Crippen molar-refractivity contribution >= 4 is 0 Å². The summed E-state index contributed by atoms with van der Waals surface area (Å²) < 4.78 is 11.1. The maximum atomic E-state index is 5.70. The molecule has 0 amide bonds. The summed E-state index contributed by atoms with van der Waals surface area (Å²) in [7, 11) is 1.84. The molecule has 1 aliphatic heterocycles. The minimum atomic E-state index is 0.286. The predicted octanol–water partition coefficient (Wildman–Crippen LogP) is 1.98. The monoisotopic (exact) mass is 182 g/mol. The normalized spacial score (nSPS) is 58.6. The average molecular weight is 182 g/mol. The van der Waals surface area contributed by atoms with Crippen LogP contribution in [0.15, 0.2) is 0 Å². The standard InChI is InChI=1S/C11H18O2/c1-11-4-3-7(5-10(11)13-11)8-6-9(8)12-2/h7-10H,3-6H2,1-2H3. The second kappa shape index (κ2) is 2.48. The molecule has 2 heteroatoms. The van der Waals surface area contributed by atoms with Gasteiger partial charge in [-0.05, 0) is 44.4 Å². The maximum Gasteiger partial charge on any atom is 0.0920 e. The molecule has 3 aliphatic rings. The highest BCUT2D eigenvalue weighted by Gasteiger charge is 2.58. The molecule has 3 fully saturated rings. The topological polar surface area (TPSA) is 21.8 Å². The van der Waals surface area contributed by atoms with E-state index in [0.29, 0.717) is 12.2 Å². The molecule has 74 valence electrons. The van der Waals surface area contributed by atoms with E-state index in [2.05, 4.69) is 6.92 Å². The fourth-order valence-corrected chi connectivity index (χ4v) is 3.02. The van der Waals surface area contributed by atoms with E-state index in [1.165, 1.54) is 25.7 Å². The Bertz CT molecular complexity index is 228. The summed E-state index contributed by atoms with van der Waals surface area (Å²) in [5, 5.41) is 0. The molecule has 13 heavy (non-hydrogen) atoms. The van der Waals surface area contributed by atoms with Crippen molar-refractivity contribution in [1.82, 2.24) is 0 Å². The molecule has 0 bridgehead atoms. The summed E-state index contributed by atoms with van der Waals surface area (Å²) in [6, 6.07) is 0. The first-order valence-corrected chi connectivity index (χ1v) is 5.43. The zero-order valence-electron chi connectivity index (χ0n) is 8.45. The molecule has 5 atom stereocenters. The molecule has 5 unspecified atom stereocenters. The molecule has 1 saturated heterocycles. The molecule has 1 heterocycles. The van der Waals surface area contributed by atoms with E-state index < -0.39 is 0 Å². The van der Waals surface area contributed by atoms with Crippen LogP contribution in [0.5, 0.6) is 0 Å². The summed E-state index contributed by atoms with van der Waals surface area (Å²) in [6.45, 7) is 2.26. The van der Waals surface area contributed by atoms with Gasteiger partial charge in [-0.25, -0.2) is 0 Å². The molecular formula is C11H18O2. The van der Waals surface area contributed by atoms with Crippen LogP contribution in [0.1, 0.15) is 32.6 Å². The fourth-order valence-electron chi connectivity index (χ4n) is 3.02. The van der Waals surface area contributed by atoms with Crippen molar-refractivity contribution in [2.45, 2.75) is 50.4 Å². The Morgan fingerprint density at radius 3 is 2.85 bits per heavy atom. The molecule has 2 nitrogen and oxygen atoms in total. The molecular weight excluding hydrogens is 164 g/mol. The van der Waals surface area contributed by atoms with Crippen LogP contribution in [0.3, 0.4) is 0 Å². The van der Waals surface area contributed by atoms with Gasteiger partial charge < -0.3 is 9.47 Å². The SMILES string of the molecule is COC1CC1C1CCC2(C)OC2C1. The smallest absolute Gasteiger partial charge is 0.0920 e. The first kappa shape index (κ1) is 8.25. The lowest BCUT2D eigenvalue weighted by Gasteiger charge is -2.22. The van der Waals surface area contributed by atoms with Gasteiger partial charge in [-0.2, -0.15) is 0 Å². The summed E-state index contributed by atoms with van der Waals surface area (Å²) in [5.74, 6) is 1.75. The molecule has 2 saturated carbocycles. The second-order valence-corrected chi connectivity index (χ2v) is 5.13. The maximum absolute atomic E-state index is 5.70. The lowest BCUT2D eigenvalue weighted by molar-refractivity contribution is 0.150. The Labute approximate surface area is 79.6 Å². The number of hydrogen-bond donors (Lipinski definition) is 0. The van der Waals surface area contributed by atoms with Gasteiger partial charge in [-0.15, -0.1) is 0 Å². The number of fused-ring (bicyclic) bond motifs is 1. The average Bonchev–Trinajstić information content (AvgIpc) is 2.95. The van der Waals surface area contributed by atoms with Gasteiger partial charge in [0.05, 0.1) is 17.8 Å². The summed E-state index contributed by atoms with van der Waals surface area (Å²) in [6.07, 6.45) is 6.38. The van der Waals surface area contributed by atoms with Crippen LogP contribution in [0.4, 0.5) is 0 Å². The van der Waals surface area contributed by atoms with Gasteiger partial charge in [0.25, 0.3) is 0 Å². The highest BCUT2D eigenvalue weighted by Crippen LogP contribution is 2.55. The van der Waals surface area contributed by atoms with Crippen LogP contribution in [0, 0.1) is 11.8 Å². The van der Waals surface area contributed by atoms with Gasteiger partial charge in [-0.1, -0.05) is 0 Å². The van der Waals surface area contributed by atoms with Gasteiger partial charge in [0.2, 0.25) is 0 Å². The lowest BCUT2D eigenvalue weighted by Crippen LogP contribution is -2.23. The van der Waals surface area contributed by atoms with Crippen LogP contribution in [-0.2, 0) is 9.47 Å². The number of epoxide rings is 1. The van der Waals surface area contributed by atoms with Crippen LogP contribution in [0.2, 0.25) is 0 Å².